The molecule has 0 bridgehead atoms. The second-order valence-electron chi connectivity index (χ2n) is 4.87. The number of aromatic nitrogens is 2. The van der Waals surface area contributed by atoms with Crippen LogP contribution in [-0.2, 0) is 26.3 Å². The predicted octanol–water partition coefficient (Wildman–Crippen LogP) is 3.54. The summed E-state index contributed by atoms with van der Waals surface area (Å²) in [6, 6.07) is 7.98. The minimum atomic E-state index is -0.464. The van der Waals surface area contributed by atoms with E-state index < -0.39 is 6.10 Å². The summed E-state index contributed by atoms with van der Waals surface area (Å²) in [7, 11) is 1.87. The molecule has 0 aliphatic heterocycles. The zero-order valence-electron chi connectivity index (χ0n) is 11.6. The van der Waals surface area contributed by atoms with Gasteiger partial charge in [0.1, 0.15) is 0 Å². The Morgan fingerprint density at radius 2 is 1.95 bits per heavy atom. The number of aliphatic hydroxyl groups excluding tert-OH is 1. The quantitative estimate of drug-likeness (QED) is 0.889. The summed E-state index contributed by atoms with van der Waals surface area (Å²) in [5.74, 6) is 0. The van der Waals surface area contributed by atoms with Crippen LogP contribution in [0.3, 0.4) is 0 Å². The molecule has 108 valence electrons. The lowest BCUT2D eigenvalue weighted by molar-refractivity contribution is 0.173. The fourth-order valence-corrected chi connectivity index (χ4v) is 2.86. The second-order valence-corrected chi connectivity index (χ2v) is 6.17. The van der Waals surface area contributed by atoms with Crippen molar-refractivity contribution in [2.45, 2.75) is 32.3 Å². The number of aliphatic hydroxyl groups is 1. The molecule has 1 unspecified atom stereocenters. The molecule has 0 saturated carbocycles. The molecule has 1 heterocycles. The highest BCUT2D eigenvalue weighted by molar-refractivity contribution is 9.10. The van der Waals surface area contributed by atoms with Crippen LogP contribution in [0.2, 0.25) is 5.02 Å². The van der Waals surface area contributed by atoms with Crippen molar-refractivity contribution < 1.29 is 5.11 Å². The summed E-state index contributed by atoms with van der Waals surface area (Å²) in [4.78, 5) is 0. The van der Waals surface area contributed by atoms with Crippen molar-refractivity contribution in [3.63, 3.8) is 0 Å². The first-order chi connectivity index (χ1) is 9.51. The predicted molar refractivity (Wildman–Crippen MR) is 85.2 cm³/mol. The van der Waals surface area contributed by atoms with Gasteiger partial charge in [0.25, 0.3) is 0 Å². The van der Waals surface area contributed by atoms with Gasteiger partial charge in [0, 0.05) is 17.9 Å². The molecule has 2 rings (SSSR count). The van der Waals surface area contributed by atoms with Gasteiger partial charge in [0.05, 0.1) is 22.5 Å². The largest absolute Gasteiger partial charge is 0.392 e. The van der Waals surface area contributed by atoms with Crippen molar-refractivity contribution in [1.29, 1.82) is 0 Å². The van der Waals surface area contributed by atoms with Gasteiger partial charge in [0.2, 0.25) is 0 Å². The third-order valence-corrected chi connectivity index (χ3v) is 4.28. The van der Waals surface area contributed by atoms with E-state index in [1.807, 2.05) is 38.2 Å². The molecule has 0 amide bonds. The van der Waals surface area contributed by atoms with E-state index in [1.165, 1.54) is 0 Å². The Balaban J connectivity index is 2.06. The normalized spacial score (nSPS) is 12.7. The number of benzene rings is 1. The van der Waals surface area contributed by atoms with Gasteiger partial charge in [0.15, 0.2) is 0 Å². The third-order valence-electron chi connectivity index (χ3n) is 3.32. The minimum Gasteiger partial charge on any atom is -0.392 e. The van der Waals surface area contributed by atoms with Crippen LogP contribution >= 0.6 is 27.5 Å². The maximum atomic E-state index is 10.2. The van der Waals surface area contributed by atoms with Gasteiger partial charge in [-0.2, -0.15) is 5.10 Å². The van der Waals surface area contributed by atoms with Crippen LogP contribution in [0.1, 0.15) is 23.9 Å². The summed E-state index contributed by atoms with van der Waals surface area (Å²) < 4.78 is 2.81. The molecule has 0 fully saturated rings. The van der Waals surface area contributed by atoms with Crippen LogP contribution in [0.5, 0.6) is 0 Å². The van der Waals surface area contributed by atoms with Crippen LogP contribution in [0.4, 0.5) is 0 Å². The van der Waals surface area contributed by atoms with Crippen molar-refractivity contribution in [3.05, 3.63) is 50.7 Å². The van der Waals surface area contributed by atoms with Crippen LogP contribution in [0.25, 0.3) is 0 Å². The van der Waals surface area contributed by atoms with Gasteiger partial charge in [-0.25, -0.2) is 0 Å². The SMILES string of the molecule is CCc1nn(C)c(CC(O)Cc2ccc(Br)cc2)c1Cl. The van der Waals surface area contributed by atoms with Crippen LogP contribution in [-0.4, -0.2) is 21.0 Å². The molecule has 2 aromatic rings. The Bertz CT molecular complexity index is 580. The fourth-order valence-electron chi connectivity index (χ4n) is 2.23. The van der Waals surface area contributed by atoms with E-state index in [9.17, 15) is 5.11 Å². The minimum absolute atomic E-state index is 0.464. The van der Waals surface area contributed by atoms with E-state index in [0.717, 1.165) is 27.8 Å². The average molecular weight is 358 g/mol. The molecule has 1 atom stereocenters. The van der Waals surface area contributed by atoms with Gasteiger partial charge >= 0.3 is 0 Å². The summed E-state index contributed by atoms with van der Waals surface area (Å²) in [5, 5.41) is 15.3. The van der Waals surface area contributed by atoms with E-state index in [0.29, 0.717) is 17.9 Å². The van der Waals surface area contributed by atoms with Gasteiger partial charge in [-0.05, 0) is 30.5 Å². The lowest BCUT2D eigenvalue weighted by Crippen LogP contribution is -2.16. The molecule has 1 aromatic heterocycles. The van der Waals surface area contributed by atoms with E-state index in [1.54, 1.807) is 4.68 Å². The summed E-state index contributed by atoms with van der Waals surface area (Å²) >= 11 is 9.70. The Kier molecular flexibility index (Phi) is 5.24. The highest BCUT2D eigenvalue weighted by Gasteiger charge is 2.16. The maximum Gasteiger partial charge on any atom is 0.0850 e. The maximum absolute atomic E-state index is 10.2. The smallest absolute Gasteiger partial charge is 0.0850 e. The Labute approximate surface area is 132 Å². The molecule has 0 aliphatic carbocycles. The highest BCUT2D eigenvalue weighted by Crippen LogP contribution is 2.23. The molecule has 3 nitrogen and oxygen atoms in total. The number of hydrogen-bond donors (Lipinski definition) is 1. The first-order valence-electron chi connectivity index (χ1n) is 6.64. The molecule has 0 spiro atoms. The topological polar surface area (TPSA) is 38.0 Å². The molecule has 0 radical (unpaired) electrons. The summed E-state index contributed by atoms with van der Waals surface area (Å²) in [6.45, 7) is 2.02. The Hall–Kier alpha value is -0.840. The number of nitrogens with zero attached hydrogens (tertiary/aromatic N) is 2. The third kappa shape index (κ3) is 3.62. The number of aryl methyl sites for hydroxylation is 2. The van der Waals surface area contributed by atoms with E-state index in [-0.39, 0.29) is 0 Å². The van der Waals surface area contributed by atoms with Crippen LogP contribution < -0.4 is 0 Å². The van der Waals surface area contributed by atoms with Gasteiger partial charge < -0.3 is 5.11 Å². The fraction of sp³-hybridized carbons (Fsp3) is 0.400. The van der Waals surface area contributed by atoms with Gasteiger partial charge in [-0.15, -0.1) is 0 Å². The summed E-state index contributed by atoms with van der Waals surface area (Å²) in [5.41, 5.74) is 2.89. The van der Waals surface area contributed by atoms with E-state index >= 15 is 0 Å². The number of hydrogen-bond acceptors (Lipinski definition) is 2. The zero-order chi connectivity index (χ0) is 14.7. The van der Waals surface area contributed by atoms with Crippen molar-refractivity contribution in [2.75, 3.05) is 0 Å². The average Bonchev–Trinajstić information content (AvgIpc) is 2.69. The number of rotatable bonds is 5. The van der Waals surface area contributed by atoms with Gasteiger partial charge in [-0.3, -0.25) is 4.68 Å². The first-order valence-corrected chi connectivity index (χ1v) is 7.81. The van der Waals surface area contributed by atoms with Crippen molar-refractivity contribution in [1.82, 2.24) is 9.78 Å². The Morgan fingerprint density at radius 3 is 2.50 bits per heavy atom. The second kappa shape index (κ2) is 6.74. The molecule has 20 heavy (non-hydrogen) atoms. The molecule has 5 heteroatoms. The lowest BCUT2D eigenvalue weighted by atomic mass is 10.0. The number of halogens is 2. The van der Waals surface area contributed by atoms with E-state index in [2.05, 4.69) is 21.0 Å². The van der Waals surface area contributed by atoms with Crippen LogP contribution in [0, 0.1) is 0 Å². The van der Waals surface area contributed by atoms with Crippen molar-refractivity contribution in [2.24, 2.45) is 7.05 Å². The standard InChI is InChI=1S/C15H18BrClN2O/c1-3-13-15(17)14(19(2)18-13)9-12(20)8-10-4-6-11(16)7-5-10/h4-7,12,20H,3,8-9H2,1-2H3. The molecule has 0 aliphatic rings. The molecular weight excluding hydrogens is 340 g/mol. The molecule has 1 aromatic carbocycles. The monoisotopic (exact) mass is 356 g/mol. The van der Waals surface area contributed by atoms with E-state index in [4.69, 9.17) is 11.6 Å². The zero-order valence-corrected chi connectivity index (χ0v) is 13.9. The molecular formula is C15H18BrClN2O. The van der Waals surface area contributed by atoms with Crippen molar-refractivity contribution in [3.8, 4) is 0 Å². The summed E-state index contributed by atoms with van der Waals surface area (Å²) in [6.07, 6.45) is 1.46. The molecule has 0 saturated heterocycles. The van der Waals surface area contributed by atoms with Gasteiger partial charge in [-0.1, -0.05) is 46.6 Å². The highest BCUT2D eigenvalue weighted by atomic mass is 79.9. The van der Waals surface area contributed by atoms with Crippen LogP contribution in [0.15, 0.2) is 28.7 Å². The first kappa shape index (κ1) is 15.5. The Morgan fingerprint density at radius 1 is 1.30 bits per heavy atom. The van der Waals surface area contributed by atoms with Crippen molar-refractivity contribution >= 4 is 27.5 Å². The lowest BCUT2D eigenvalue weighted by Gasteiger charge is -2.11. The molecule has 1 N–H and O–H groups in total.